The normalized spacial score (nSPS) is 12.0. The van der Waals surface area contributed by atoms with Crippen LogP contribution in [0.5, 0.6) is 0 Å². The predicted molar refractivity (Wildman–Crippen MR) is 91.2 cm³/mol. The maximum Gasteiger partial charge on any atom is 0.250 e. The monoisotopic (exact) mass is 306 g/mol. The van der Waals surface area contributed by atoms with E-state index in [1.807, 2.05) is 31.2 Å². The average Bonchev–Trinajstić information content (AvgIpc) is 2.56. The highest BCUT2D eigenvalue weighted by atomic mass is 16.2. The molecule has 0 aliphatic heterocycles. The van der Waals surface area contributed by atoms with Crippen molar-refractivity contribution >= 4 is 16.7 Å². The molecule has 0 aliphatic carbocycles. The molecule has 0 saturated carbocycles. The predicted octanol–water partition coefficient (Wildman–Crippen LogP) is 2.88. The van der Waals surface area contributed by atoms with E-state index < -0.39 is 0 Å². The Morgan fingerprint density at radius 2 is 1.78 bits per heavy atom. The summed E-state index contributed by atoms with van der Waals surface area (Å²) in [5, 5.41) is 5.23. The van der Waals surface area contributed by atoms with E-state index in [4.69, 9.17) is 0 Å². The summed E-state index contributed by atoms with van der Waals surface area (Å²) in [7, 11) is 0. The highest BCUT2D eigenvalue weighted by Crippen LogP contribution is 2.23. The van der Waals surface area contributed by atoms with Gasteiger partial charge in [0.05, 0.1) is 6.04 Å². The van der Waals surface area contributed by atoms with Crippen molar-refractivity contribution in [1.82, 2.24) is 9.88 Å². The number of hydrogen-bond donors (Lipinski definition) is 1. The van der Waals surface area contributed by atoms with Crippen molar-refractivity contribution in [2.24, 2.45) is 0 Å². The third kappa shape index (κ3) is 3.31. The Balaban J connectivity index is 1.78. The van der Waals surface area contributed by atoms with Gasteiger partial charge in [-0.25, -0.2) is 0 Å². The zero-order chi connectivity index (χ0) is 16.2. The fraction of sp³-hybridized carbons (Fsp3) is 0.158. The van der Waals surface area contributed by atoms with Gasteiger partial charge in [-0.1, -0.05) is 48.5 Å². The fourth-order valence-electron chi connectivity index (χ4n) is 2.74. The molecule has 1 N–H and O–H groups in total. The average molecular weight is 306 g/mol. The molecule has 0 spiro atoms. The molecule has 1 amide bonds. The van der Waals surface area contributed by atoms with Crippen LogP contribution in [0.2, 0.25) is 0 Å². The molecule has 0 bridgehead atoms. The number of carbonyl (C=O) groups excluding carboxylic acids is 1. The lowest BCUT2D eigenvalue weighted by molar-refractivity contribution is -0.122. The molecule has 1 heterocycles. The van der Waals surface area contributed by atoms with Crippen molar-refractivity contribution in [3.05, 3.63) is 82.8 Å². The summed E-state index contributed by atoms with van der Waals surface area (Å²) >= 11 is 0. The number of benzene rings is 2. The van der Waals surface area contributed by atoms with Gasteiger partial charge < -0.3 is 9.88 Å². The molecular weight excluding hydrogens is 288 g/mol. The van der Waals surface area contributed by atoms with Crippen molar-refractivity contribution in [1.29, 1.82) is 0 Å². The number of aromatic nitrogens is 1. The van der Waals surface area contributed by atoms with Gasteiger partial charge in [0.1, 0.15) is 6.54 Å². The molecule has 0 saturated heterocycles. The molecule has 4 heteroatoms. The minimum atomic E-state index is -0.182. The van der Waals surface area contributed by atoms with E-state index in [9.17, 15) is 9.59 Å². The van der Waals surface area contributed by atoms with Crippen LogP contribution < -0.4 is 10.9 Å². The maximum atomic E-state index is 12.2. The zero-order valence-electron chi connectivity index (χ0n) is 12.9. The standard InChI is InChI=1S/C19H18N2O2/c1-14(16-10-6-8-15-7-2-3-9-17(15)16)20-18(22)13-21-12-5-4-11-19(21)23/h2-12,14H,13H2,1H3,(H,20,22)/t14-/m0/s1. The summed E-state index contributed by atoms with van der Waals surface area (Å²) in [4.78, 5) is 23.9. The van der Waals surface area contributed by atoms with Crippen LogP contribution in [0.25, 0.3) is 10.8 Å². The summed E-state index contributed by atoms with van der Waals surface area (Å²) in [6.07, 6.45) is 1.62. The van der Waals surface area contributed by atoms with Crippen LogP contribution in [0.4, 0.5) is 0 Å². The number of pyridine rings is 1. The Morgan fingerprint density at radius 3 is 2.61 bits per heavy atom. The maximum absolute atomic E-state index is 12.2. The Kier molecular flexibility index (Phi) is 4.24. The first-order valence-electron chi connectivity index (χ1n) is 7.57. The number of hydrogen-bond acceptors (Lipinski definition) is 2. The van der Waals surface area contributed by atoms with Gasteiger partial charge in [0.15, 0.2) is 0 Å². The SMILES string of the molecule is C[C@H](NC(=O)Cn1ccccc1=O)c1cccc2ccccc12. The molecule has 23 heavy (non-hydrogen) atoms. The molecule has 2 aromatic carbocycles. The highest BCUT2D eigenvalue weighted by Gasteiger charge is 2.12. The second-order valence-electron chi connectivity index (χ2n) is 5.52. The summed E-state index contributed by atoms with van der Waals surface area (Å²) in [5.74, 6) is -0.182. The second kappa shape index (κ2) is 6.48. The van der Waals surface area contributed by atoms with E-state index in [0.717, 1.165) is 16.3 Å². The number of nitrogens with zero attached hydrogens (tertiary/aromatic N) is 1. The molecule has 1 atom stereocenters. The van der Waals surface area contributed by atoms with E-state index in [-0.39, 0.29) is 24.1 Å². The van der Waals surface area contributed by atoms with Gasteiger partial charge in [-0.05, 0) is 29.3 Å². The molecule has 1 aromatic heterocycles. The molecule has 3 rings (SSSR count). The van der Waals surface area contributed by atoms with Gasteiger partial charge in [-0.15, -0.1) is 0 Å². The van der Waals surface area contributed by atoms with Gasteiger partial charge in [0.2, 0.25) is 5.91 Å². The van der Waals surface area contributed by atoms with Crippen LogP contribution >= 0.6 is 0 Å². The summed E-state index contributed by atoms with van der Waals surface area (Å²) < 4.78 is 1.39. The lowest BCUT2D eigenvalue weighted by Crippen LogP contribution is -2.33. The van der Waals surface area contributed by atoms with Crippen molar-refractivity contribution in [2.75, 3.05) is 0 Å². The Labute approximate surface area is 134 Å². The van der Waals surface area contributed by atoms with E-state index >= 15 is 0 Å². The van der Waals surface area contributed by atoms with E-state index in [1.165, 1.54) is 10.6 Å². The highest BCUT2D eigenvalue weighted by molar-refractivity contribution is 5.86. The molecule has 0 radical (unpaired) electrons. The van der Waals surface area contributed by atoms with Crippen LogP contribution in [-0.4, -0.2) is 10.5 Å². The number of rotatable bonds is 4. The molecule has 0 fully saturated rings. The third-order valence-corrected chi connectivity index (χ3v) is 3.88. The van der Waals surface area contributed by atoms with Crippen molar-refractivity contribution in [3.63, 3.8) is 0 Å². The topological polar surface area (TPSA) is 51.1 Å². The molecule has 0 unspecified atom stereocenters. The smallest absolute Gasteiger partial charge is 0.250 e. The quantitative estimate of drug-likeness (QED) is 0.806. The fourth-order valence-corrected chi connectivity index (χ4v) is 2.74. The largest absolute Gasteiger partial charge is 0.348 e. The third-order valence-electron chi connectivity index (χ3n) is 3.88. The van der Waals surface area contributed by atoms with E-state index in [1.54, 1.807) is 18.3 Å². The van der Waals surface area contributed by atoms with Crippen LogP contribution in [0.3, 0.4) is 0 Å². The minimum Gasteiger partial charge on any atom is -0.348 e. The van der Waals surface area contributed by atoms with Gasteiger partial charge in [-0.2, -0.15) is 0 Å². The number of amides is 1. The zero-order valence-corrected chi connectivity index (χ0v) is 12.9. The van der Waals surface area contributed by atoms with Gasteiger partial charge in [0, 0.05) is 12.3 Å². The van der Waals surface area contributed by atoms with Crippen LogP contribution in [0.15, 0.2) is 71.7 Å². The Morgan fingerprint density at radius 1 is 1.04 bits per heavy atom. The van der Waals surface area contributed by atoms with Crippen molar-refractivity contribution in [2.45, 2.75) is 19.5 Å². The molecule has 3 aromatic rings. The Bertz CT molecular complexity index is 894. The van der Waals surface area contributed by atoms with Gasteiger partial charge >= 0.3 is 0 Å². The summed E-state index contributed by atoms with van der Waals surface area (Å²) in [5.41, 5.74) is 0.886. The second-order valence-corrected chi connectivity index (χ2v) is 5.52. The number of fused-ring (bicyclic) bond motifs is 1. The summed E-state index contributed by atoms with van der Waals surface area (Å²) in [6, 6.07) is 18.9. The van der Waals surface area contributed by atoms with Crippen molar-refractivity contribution < 1.29 is 4.79 Å². The van der Waals surface area contributed by atoms with Gasteiger partial charge in [0.25, 0.3) is 5.56 Å². The lowest BCUT2D eigenvalue weighted by Gasteiger charge is -2.17. The van der Waals surface area contributed by atoms with Crippen LogP contribution in [0.1, 0.15) is 18.5 Å². The first-order chi connectivity index (χ1) is 11.1. The van der Waals surface area contributed by atoms with E-state index in [0.29, 0.717) is 0 Å². The molecular formula is C19H18N2O2. The molecule has 0 aliphatic rings. The lowest BCUT2D eigenvalue weighted by atomic mass is 10.00. The van der Waals surface area contributed by atoms with Crippen LogP contribution in [-0.2, 0) is 11.3 Å². The number of carbonyl (C=O) groups is 1. The van der Waals surface area contributed by atoms with Crippen molar-refractivity contribution in [3.8, 4) is 0 Å². The van der Waals surface area contributed by atoms with Gasteiger partial charge in [-0.3, -0.25) is 9.59 Å². The Hall–Kier alpha value is -2.88. The molecule has 116 valence electrons. The van der Waals surface area contributed by atoms with Crippen LogP contribution in [0, 0.1) is 0 Å². The summed E-state index contributed by atoms with van der Waals surface area (Å²) in [6.45, 7) is 1.97. The minimum absolute atomic E-state index is 0.0226. The number of nitrogens with one attached hydrogen (secondary N) is 1. The molecule has 4 nitrogen and oxygen atoms in total. The first kappa shape index (κ1) is 15.0. The van der Waals surface area contributed by atoms with E-state index in [2.05, 4.69) is 23.5 Å². The first-order valence-corrected chi connectivity index (χ1v) is 7.57.